The molecular weight excluding hydrogens is 178 g/mol. The van der Waals surface area contributed by atoms with Gasteiger partial charge in [0, 0.05) is 19.6 Å². The molecule has 4 nitrogen and oxygen atoms in total. The van der Waals surface area contributed by atoms with Crippen LogP contribution in [-0.2, 0) is 4.79 Å². The van der Waals surface area contributed by atoms with E-state index in [1.54, 1.807) is 0 Å². The molecule has 0 radical (unpaired) electrons. The Morgan fingerprint density at radius 3 is 2.93 bits per heavy atom. The quantitative estimate of drug-likeness (QED) is 0.576. The molecule has 1 heterocycles. The van der Waals surface area contributed by atoms with E-state index in [2.05, 4.69) is 17.6 Å². The first-order valence-corrected chi connectivity index (χ1v) is 5.44. The third-order valence-corrected chi connectivity index (χ3v) is 2.88. The Bertz CT molecular complexity index is 188. The monoisotopic (exact) mass is 199 g/mol. The molecule has 1 saturated heterocycles. The molecule has 0 aromatic heterocycles. The summed E-state index contributed by atoms with van der Waals surface area (Å²) in [5.41, 5.74) is 5.20. The topological polar surface area (TPSA) is 67.2 Å². The summed E-state index contributed by atoms with van der Waals surface area (Å²) in [7, 11) is 0. The summed E-state index contributed by atoms with van der Waals surface area (Å²) in [6.07, 6.45) is 2.98. The van der Waals surface area contributed by atoms with Crippen molar-refractivity contribution in [2.24, 2.45) is 11.1 Å². The third-order valence-electron chi connectivity index (χ3n) is 2.88. The Hall–Kier alpha value is -0.610. The van der Waals surface area contributed by atoms with E-state index < -0.39 is 0 Å². The highest BCUT2D eigenvalue weighted by Gasteiger charge is 2.39. The van der Waals surface area contributed by atoms with E-state index in [0.29, 0.717) is 13.1 Å². The van der Waals surface area contributed by atoms with E-state index in [9.17, 15) is 4.79 Å². The van der Waals surface area contributed by atoms with Gasteiger partial charge in [-0.25, -0.2) is 0 Å². The molecule has 1 unspecified atom stereocenters. The number of rotatable bonds is 5. The minimum atomic E-state index is -0.163. The van der Waals surface area contributed by atoms with Gasteiger partial charge in [-0.15, -0.1) is 0 Å². The molecule has 1 atom stereocenters. The van der Waals surface area contributed by atoms with Gasteiger partial charge in [-0.05, 0) is 19.4 Å². The molecule has 0 bridgehead atoms. The van der Waals surface area contributed by atoms with E-state index in [0.717, 1.165) is 32.4 Å². The van der Waals surface area contributed by atoms with Crippen LogP contribution in [-0.4, -0.2) is 32.1 Å². The molecule has 14 heavy (non-hydrogen) atoms. The highest BCUT2D eigenvalue weighted by Crippen LogP contribution is 2.31. The fraction of sp³-hybridized carbons (Fsp3) is 0.900. The van der Waals surface area contributed by atoms with Crippen molar-refractivity contribution < 1.29 is 4.79 Å². The van der Waals surface area contributed by atoms with E-state index >= 15 is 0 Å². The van der Waals surface area contributed by atoms with E-state index in [1.807, 2.05) is 0 Å². The molecule has 4 heteroatoms. The molecule has 0 aromatic carbocycles. The van der Waals surface area contributed by atoms with Crippen molar-refractivity contribution in [1.29, 1.82) is 0 Å². The number of hydrogen-bond donors (Lipinski definition) is 3. The minimum absolute atomic E-state index is 0.163. The lowest BCUT2D eigenvalue weighted by atomic mass is 9.81. The molecule has 0 aromatic rings. The molecule has 1 amide bonds. The maximum atomic E-state index is 11.9. The minimum Gasteiger partial charge on any atom is -0.354 e. The van der Waals surface area contributed by atoms with Crippen LogP contribution >= 0.6 is 0 Å². The zero-order valence-electron chi connectivity index (χ0n) is 8.94. The van der Waals surface area contributed by atoms with Gasteiger partial charge < -0.3 is 16.4 Å². The van der Waals surface area contributed by atoms with Gasteiger partial charge in [0.25, 0.3) is 0 Å². The summed E-state index contributed by atoms with van der Waals surface area (Å²) in [6.45, 7) is 5.00. The van der Waals surface area contributed by atoms with Gasteiger partial charge >= 0.3 is 0 Å². The lowest BCUT2D eigenvalue weighted by Crippen LogP contribution is -2.44. The number of carbonyl (C=O) groups is 1. The van der Waals surface area contributed by atoms with Crippen molar-refractivity contribution in [1.82, 2.24) is 10.6 Å². The number of nitrogens with two attached hydrogens (primary N) is 1. The highest BCUT2D eigenvalue weighted by molar-refractivity contribution is 5.83. The molecular formula is C10H21N3O. The van der Waals surface area contributed by atoms with Crippen molar-refractivity contribution in [3.63, 3.8) is 0 Å². The number of nitrogens with one attached hydrogen (secondary N) is 2. The Morgan fingerprint density at radius 1 is 1.64 bits per heavy atom. The molecule has 82 valence electrons. The first-order chi connectivity index (χ1) is 6.75. The second-order valence-electron chi connectivity index (χ2n) is 4.00. The SMILES string of the molecule is CCCC1(C(=O)NCCN)CCNC1. The van der Waals surface area contributed by atoms with Crippen molar-refractivity contribution in [2.45, 2.75) is 26.2 Å². The van der Waals surface area contributed by atoms with Crippen molar-refractivity contribution in [3.8, 4) is 0 Å². The molecule has 4 N–H and O–H groups in total. The van der Waals surface area contributed by atoms with Crippen LogP contribution in [0.2, 0.25) is 0 Å². The van der Waals surface area contributed by atoms with Gasteiger partial charge in [-0.3, -0.25) is 4.79 Å². The summed E-state index contributed by atoms with van der Waals surface area (Å²) in [5, 5.41) is 6.16. The van der Waals surface area contributed by atoms with Crippen LogP contribution in [0.15, 0.2) is 0 Å². The van der Waals surface area contributed by atoms with Crippen LogP contribution in [0.3, 0.4) is 0 Å². The van der Waals surface area contributed by atoms with Gasteiger partial charge in [0.2, 0.25) is 5.91 Å². The van der Waals surface area contributed by atoms with Crippen LogP contribution in [0.25, 0.3) is 0 Å². The molecule has 1 fully saturated rings. The summed E-state index contributed by atoms with van der Waals surface area (Å²) in [6, 6.07) is 0. The summed E-state index contributed by atoms with van der Waals surface area (Å²) in [5.74, 6) is 0.176. The van der Waals surface area contributed by atoms with Gasteiger partial charge in [0.15, 0.2) is 0 Å². The van der Waals surface area contributed by atoms with Crippen LogP contribution in [0.1, 0.15) is 26.2 Å². The van der Waals surface area contributed by atoms with E-state index in [-0.39, 0.29) is 11.3 Å². The van der Waals surface area contributed by atoms with Gasteiger partial charge in [-0.1, -0.05) is 13.3 Å². The zero-order valence-corrected chi connectivity index (χ0v) is 8.94. The lowest BCUT2D eigenvalue weighted by Gasteiger charge is -2.26. The Balaban J connectivity index is 2.52. The fourth-order valence-corrected chi connectivity index (χ4v) is 2.12. The first kappa shape index (κ1) is 11.5. The van der Waals surface area contributed by atoms with Crippen LogP contribution in [0.4, 0.5) is 0 Å². The van der Waals surface area contributed by atoms with Crippen LogP contribution in [0.5, 0.6) is 0 Å². The molecule has 0 saturated carbocycles. The van der Waals surface area contributed by atoms with Crippen LogP contribution in [0, 0.1) is 5.41 Å². The molecule has 1 aliphatic rings. The van der Waals surface area contributed by atoms with Crippen molar-refractivity contribution in [3.05, 3.63) is 0 Å². The maximum absolute atomic E-state index is 11.9. The number of amides is 1. The molecule has 0 spiro atoms. The second-order valence-corrected chi connectivity index (χ2v) is 4.00. The lowest BCUT2D eigenvalue weighted by molar-refractivity contribution is -0.130. The largest absolute Gasteiger partial charge is 0.354 e. The average molecular weight is 199 g/mol. The predicted octanol–water partition coefficient (Wildman–Crippen LogP) is -0.159. The second kappa shape index (κ2) is 5.32. The van der Waals surface area contributed by atoms with Gasteiger partial charge in [0.1, 0.15) is 0 Å². The van der Waals surface area contributed by atoms with E-state index in [1.165, 1.54) is 0 Å². The van der Waals surface area contributed by atoms with Crippen molar-refractivity contribution >= 4 is 5.91 Å². The third kappa shape index (κ3) is 2.45. The standard InChI is InChI=1S/C10H21N3O/c1-2-3-10(4-6-12-8-10)9(14)13-7-5-11/h12H,2-8,11H2,1H3,(H,13,14). The van der Waals surface area contributed by atoms with Crippen LogP contribution < -0.4 is 16.4 Å². The summed E-state index contributed by atoms with van der Waals surface area (Å²) >= 11 is 0. The summed E-state index contributed by atoms with van der Waals surface area (Å²) < 4.78 is 0. The number of hydrogen-bond acceptors (Lipinski definition) is 3. The summed E-state index contributed by atoms with van der Waals surface area (Å²) in [4.78, 5) is 11.9. The Kier molecular flexibility index (Phi) is 4.35. The Morgan fingerprint density at radius 2 is 2.43 bits per heavy atom. The maximum Gasteiger partial charge on any atom is 0.227 e. The highest BCUT2D eigenvalue weighted by atomic mass is 16.2. The van der Waals surface area contributed by atoms with E-state index in [4.69, 9.17) is 5.73 Å². The molecule has 1 aliphatic heterocycles. The smallest absolute Gasteiger partial charge is 0.227 e. The Labute approximate surface area is 85.6 Å². The predicted molar refractivity (Wildman–Crippen MR) is 56.9 cm³/mol. The zero-order chi connectivity index (χ0) is 10.4. The fourth-order valence-electron chi connectivity index (χ4n) is 2.12. The first-order valence-electron chi connectivity index (χ1n) is 5.44. The van der Waals surface area contributed by atoms with Crippen molar-refractivity contribution in [2.75, 3.05) is 26.2 Å². The van der Waals surface area contributed by atoms with Gasteiger partial charge in [0.05, 0.1) is 5.41 Å². The number of carbonyl (C=O) groups excluding carboxylic acids is 1. The average Bonchev–Trinajstić information content (AvgIpc) is 2.64. The normalized spacial score (nSPS) is 26.4. The molecule has 0 aliphatic carbocycles. The van der Waals surface area contributed by atoms with Gasteiger partial charge in [-0.2, -0.15) is 0 Å². The molecule has 1 rings (SSSR count).